The number of nitrogens with one attached hydrogen (secondary N) is 1. The zero-order valence-electron chi connectivity index (χ0n) is 16.0. The number of thioether (sulfide) groups is 1. The standard InChI is InChI=1S/C19H21N5O2S3/c1-2-16-22-23-18(29-16)20-15(25)11-28-17-13-7-3-4-8-14(13)24(19(26)21-17)10-12-6-5-9-27-12/h5-6,9H,2-4,7-8,10-11H2,1H3,(H,20,23,25). The van der Waals surface area contributed by atoms with Crippen molar-refractivity contribution in [2.45, 2.75) is 50.6 Å². The molecule has 0 bridgehead atoms. The second-order valence-corrected chi connectivity index (χ2v) is 9.75. The van der Waals surface area contributed by atoms with Crippen molar-refractivity contribution in [3.05, 3.63) is 49.1 Å². The number of thiophene rings is 1. The Bertz CT molecular complexity index is 1060. The Morgan fingerprint density at radius 1 is 1.31 bits per heavy atom. The van der Waals surface area contributed by atoms with E-state index >= 15 is 0 Å². The lowest BCUT2D eigenvalue weighted by Crippen LogP contribution is -2.30. The maximum absolute atomic E-state index is 12.7. The first kappa shape index (κ1) is 20.2. The molecule has 29 heavy (non-hydrogen) atoms. The number of carbonyl (C=O) groups is 1. The van der Waals surface area contributed by atoms with Crippen molar-refractivity contribution in [2.75, 3.05) is 11.1 Å². The molecular weight excluding hydrogens is 426 g/mol. The molecule has 1 aliphatic carbocycles. The van der Waals surface area contributed by atoms with Gasteiger partial charge in [-0.3, -0.25) is 14.7 Å². The summed E-state index contributed by atoms with van der Waals surface area (Å²) in [5.74, 6) is 0.0254. The van der Waals surface area contributed by atoms with Crippen LogP contribution in [-0.2, 0) is 30.6 Å². The van der Waals surface area contributed by atoms with Gasteiger partial charge in [-0.2, -0.15) is 4.98 Å². The molecule has 0 spiro atoms. The Balaban J connectivity index is 1.50. The van der Waals surface area contributed by atoms with E-state index in [0.717, 1.165) is 53.2 Å². The molecule has 1 amide bonds. The zero-order valence-corrected chi connectivity index (χ0v) is 18.5. The van der Waals surface area contributed by atoms with Crippen LogP contribution >= 0.6 is 34.4 Å². The zero-order chi connectivity index (χ0) is 20.2. The number of aryl methyl sites for hydroxylation is 1. The van der Waals surface area contributed by atoms with Crippen molar-refractivity contribution in [2.24, 2.45) is 0 Å². The van der Waals surface area contributed by atoms with Crippen LogP contribution in [-0.4, -0.2) is 31.4 Å². The summed E-state index contributed by atoms with van der Waals surface area (Å²) in [6.07, 6.45) is 4.72. The van der Waals surface area contributed by atoms with Crippen LogP contribution < -0.4 is 11.0 Å². The molecule has 0 saturated carbocycles. The molecule has 1 aliphatic rings. The van der Waals surface area contributed by atoms with E-state index in [1.165, 1.54) is 23.1 Å². The molecule has 152 valence electrons. The van der Waals surface area contributed by atoms with Crippen molar-refractivity contribution in [1.29, 1.82) is 0 Å². The molecule has 7 nitrogen and oxygen atoms in total. The third-order valence-electron chi connectivity index (χ3n) is 4.70. The largest absolute Gasteiger partial charge is 0.349 e. The van der Waals surface area contributed by atoms with Crippen LogP contribution in [0.2, 0.25) is 0 Å². The van der Waals surface area contributed by atoms with Gasteiger partial charge in [-0.05, 0) is 43.6 Å². The fraction of sp³-hybridized carbons (Fsp3) is 0.421. The van der Waals surface area contributed by atoms with Gasteiger partial charge in [0.05, 0.1) is 12.3 Å². The summed E-state index contributed by atoms with van der Waals surface area (Å²) in [4.78, 5) is 30.5. The molecule has 0 fully saturated rings. The van der Waals surface area contributed by atoms with E-state index in [2.05, 4.69) is 20.5 Å². The van der Waals surface area contributed by atoms with Crippen molar-refractivity contribution >= 4 is 45.5 Å². The lowest BCUT2D eigenvalue weighted by atomic mass is 9.97. The van der Waals surface area contributed by atoms with Crippen molar-refractivity contribution in [1.82, 2.24) is 19.7 Å². The van der Waals surface area contributed by atoms with Gasteiger partial charge >= 0.3 is 5.69 Å². The highest BCUT2D eigenvalue weighted by Crippen LogP contribution is 2.29. The number of nitrogens with zero attached hydrogens (tertiary/aromatic N) is 4. The van der Waals surface area contributed by atoms with Crippen LogP contribution in [0.3, 0.4) is 0 Å². The van der Waals surface area contributed by atoms with Gasteiger partial charge in [0, 0.05) is 16.1 Å². The molecule has 0 saturated heterocycles. The summed E-state index contributed by atoms with van der Waals surface area (Å²) < 4.78 is 1.80. The molecule has 3 heterocycles. The van der Waals surface area contributed by atoms with Crippen LogP contribution in [0.5, 0.6) is 0 Å². The van der Waals surface area contributed by atoms with Crippen LogP contribution in [0.25, 0.3) is 0 Å². The molecule has 10 heteroatoms. The van der Waals surface area contributed by atoms with Gasteiger partial charge in [0.15, 0.2) is 0 Å². The summed E-state index contributed by atoms with van der Waals surface area (Å²) in [5.41, 5.74) is 1.96. The van der Waals surface area contributed by atoms with Crippen molar-refractivity contribution < 1.29 is 4.79 Å². The minimum Gasteiger partial charge on any atom is -0.300 e. The lowest BCUT2D eigenvalue weighted by molar-refractivity contribution is -0.113. The summed E-state index contributed by atoms with van der Waals surface area (Å²) in [6.45, 7) is 2.56. The first-order chi connectivity index (χ1) is 14.1. The van der Waals surface area contributed by atoms with Crippen LogP contribution in [0.4, 0.5) is 5.13 Å². The number of fused-ring (bicyclic) bond motifs is 1. The van der Waals surface area contributed by atoms with Gasteiger partial charge in [-0.15, -0.1) is 21.5 Å². The van der Waals surface area contributed by atoms with Crippen LogP contribution in [0, 0.1) is 0 Å². The summed E-state index contributed by atoms with van der Waals surface area (Å²) in [7, 11) is 0. The highest BCUT2D eigenvalue weighted by atomic mass is 32.2. The number of hydrogen-bond acceptors (Lipinski definition) is 8. The maximum atomic E-state index is 12.7. The molecule has 0 aromatic carbocycles. The van der Waals surface area contributed by atoms with Crippen LogP contribution in [0.15, 0.2) is 27.3 Å². The highest BCUT2D eigenvalue weighted by Gasteiger charge is 2.21. The van der Waals surface area contributed by atoms with Gasteiger partial charge in [0.2, 0.25) is 11.0 Å². The van der Waals surface area contributed by atoms with Crippen molar-refractivity contribution in [3.8, 4) is 0 Å². The molecule has 0 radical (unpaired) electrons. The fourth-order valence-electron chi connectivity index (χ4n) is 3.32. The molecule has 0 aliphatic heterocycles. The van der Waals surface area contributed by atoms with Crippen molar-refractivity contribution in [3.63, 3.8) is 0 Å². The van der Waals surface area contributed by atoms with Gasteiger partial charge in [-0.25, -0.2) is 4.79 Å². The number of hydrogen-bond donors (Lipinski definition) is 1. The van der Waals surface area contributed by atoms with Gasteiger partial charge in [0.25, 0.3) is 0 Å². The summed E-state index contributed by atoms with van der Waals surface area (Å²) >= 11 is 4.35. The van der Waals surface area contributed by atoms with E-state index in [1.807, 2.05) is 24.4 Å². The quantitative estimate of drug-likeness (QED) is 0.441. The SMILES string of the molecule is CCc1nnc(NC(=O)CSc2nc(=O)n(Cc3cccs3)c3c2CCCC3)s1. The predicted octanol–water partition coefficient (Wildman–Crippen LogP) is 3.38. The van der Waals surface area contributed by atoms with E-state index in [9.17, 15) is 9.59 Å². The van der Waals surface area contributed by atoms with E-state index in [4.69, 9.17) is 0 Å². The first-order valence-electron chi connectivity index (χ1n) is 9.54. The number of carbonyl (C=O) groups excluding carboxylic acids is 1. The topological polar surface area (TPSA) is 89.8 Å². The second kappa shape index (κ2) is 9.19. The molecule has 0 atom stereocenters. The highest BCUT2D eigenvalue weighted by molar-refractivity contribution is 8.00. The average molecular weight is 448 g/mol. The third kappa shape index (κ3) is 4.76. The Morgan fingerprint density at radius 2 is 2.17 bits per heavy atom. The Labute approximate surface area is 180 Å². The molecule has 0 unspecified atom stereocenters. The Hall–Kier alpha value is -2.04. The first-order valence-corrected chi connectivity index (χ1v) is 12.2. The summed E-state index contributed by atoms with van der Waals surface area (Å²) in [5, 5.41) is 14.9. The predicted molar refractivity (Wildman–Crippen MR) is 117 cm³/mol. The average Bonchev–Trinajstić information content (AvgIpc) is 3.40. The molecular formula is C19H21N5O2S3. The monoisotopic (exact) mass is 447 g/mol. The fourth-order valence-corrected chi connectivity index (χ4v) is 5.59. The smallest absolute Gasteiger partial charge is 0.300 e. The van der Waals surface area contributed by atoms with E-state index in [0.29, 0.717) is 16.7 Å². The molecule has 3 aromatic heterocycles. The number of rotatable bonds is 7. The molecule has 3 aromatic rings. The minimum absolute atomic E-state index is 0.164. The molecule has 1 N–H and O–H groups in total. The Morgan fingerprint density at radius 3 is 2.93 bits per heavy atom. The van der Waals surface area contributed by atoms with E-state index in [-0.39, 0.29) is 17.3 Å². The lowest BCUT2D eigenvalue weighted by Gasteiger charge is -2.22. The number of amides is 1. The van der Waals surface area contributed by atoms with Gasteiger partial charge < -0.3 is 0 Å². The normalized spacial score (nSPS) is 13.3. The Kier molecular flexibility index (Phi) is 6.41. The maximum Gasteiger partial charge on any atom is 0.349 e. The third-order valence-corrected chi connectivity index (χ3v) is 7.56. The van der Waals surface area contributed by atoms with Crippen LogP contribution in [0.1, 0.15) is 40.9 Å². The van der Waals surface area contributed by atoms with Gasteiger partial charge in [-0.1, -0.05) is 36.1 Å². The minimum atomic E-state index is -0.237. The second-order valence-electron chi connectivity index (χ2n) is 6.69. The summed E-state index contributed by atoms with van der Waals surface area (Å²) in [6, 6.07) is 4.03. The number of aromatic nitrogens is 4. The van der Waals surface area contributed by atoms with E-state index in [1.54, 1.807) is 15.9 Å². The van der Waals surface area contributed by atoms with Gasteiger partial charge in [0.1, 0.15) is 10.0 Å². The van der Waals surface area contributed by atoms with E-state index < -0.39 is 0 Å². The molecule has 4 rings (SSSR count). The number of anilines is 1.